The SMILES string of the molecule is Cc1cc(-c2cc(C)sc2C)c(C)s1. The Balaban J connectivity index is 2.59. The van der Waals surface area contributed by atoms with Crippen LogP contribution in [0.4, 0.5) is 0 Å². The summed E-state index contributed by atoms with van der Waals surface area (Å²) in [5.41, 5.74) is 2.85. The highest BCUT2D eigenvalue weighted by Gasteiger charge is 2.10. The van der Waals surface area contributed by atoms with Crippen molar-refractivity contribution in [1.29, 1.82) is 0 Å². The van der Waals surface area contributed by atoms with Crippen LogP contribution < -0.4 is 0 Å². The van der Waals surface area contributed by atoms with Crippen molar-refractivity contribution in [2.24, 2.45) is 0 Å². The highest BCUT2D eigenvalue weighted by Crippen LogP contribution is 2.36. The van der Waals surface area contributed by atoms with Crippen LogP contribution in [0, 0.1) is 27.7 Å². The van der Waals surface area contributed by atoms with E-state index in [0.717, 1.165) is 0 Å². The first-order chi connectivity index (χ1) is 6.58. The van der Waals surface area contributed by atoms with Gasteiger partial charge in [-0.3, -0.25) is 0 Å². The van der Waals surface area contributed by atoms with Gasteiger partial charge >= 0.3 is 0 Å². The van der Waals surface area contributed by atoms with Gasteiger partial charge in [0.25, 0.3) is 0 Å². The summed E-state index contributed by atoms with van der Waals surface area (Å²) in [6, 6.07) is 4.60. The second-order valence-corrected chi connectivity index (χ2v) is 6.57. The van der Waals surface area contributed by atoms with Crippen molar-refractivity contribution in [3.8, 4) is 11.1 Å². The molecule has 0 aliphatic carbocycles. The van der Waals surface area contributed by atoms with Gasteiger partial charge in [-0.05, 0) is 51.0 Å². The topological polar surface area (TPSA) is 0 Å². The fraction of sp³-hybridized carbons (Fsp3) is 0.333. The van der Waals surface area contributed by atoms with E-state index in [-0.39, 0.29) is 0 Å². The minimum atomic E-state index is 1.40. The Morgan fingerprint density at radius 1 is 0.714 bits per heavy atom. The molecule has 0 aliphatic rings. The fourth-order valence-corrected chi connectivity index (χ4v) is 3.67. The van der Waals surface area contributed by atoms with Crippen molar-refractivity contribution < 1.29 is 0 Å². The van der Waals surface area contributed by atoms with Gasteiger partial charge in [-0.2, -0.15) is 0 Å². The fourth-order valence-electron chi connectivity index (χ4n) is 1.80. The molecule has 0 aliphatic heterocycles. The van der Waals surface area contributed by atoms with Crippen molar-refractivity contribution in [3.05, 3.63) is 31.6 Å². The Morgan fingerprint density at radius 3 is 1.29 bits per heavy atom. The Kier molecular flexibility index (Phi) is 2.50. The Bertz CT molecular complexity index is 416. The van der Waals surface area contributed by atoms with Crippen LogP contribution in [0.25, 0.3) is 11.1 Å². The Labute approximate surface area is 93.2 Å². The zero-order chi connectivity index (χ0) is 10.3. The lowest BCUT2D eigenvalue weighted by molar-refractivity contribution is 1.53. The third-order valence-electron chi connectivity index (χ3n) is 2.37. The molecule has 0 unspecified atom stereocenters. The van der Waals surface area contributed by atoms with Gasteiger partial charge in [0.1, 0.15) is 0 Å². The summed E-state index contributed by atoms with van der Waals surface area (Å²) in [6.45, 7) is 8.77. The van der Waals surface area contributed by atoms with E-state index in [0.29, 0.717) is 0 Å². The standard InChI is InChI=1S/C12H14S2/c1-7-5-11(9(3)13-7)12-6-8(2)14-10(12)4/h5-6H,1-4H3. The molecule has 2 aromatic rings. The van der Waals surface area contributed by atoms with Crippen LogP contribution in [0.3, 0.4) is 0 Å². The molecule has 0 saturated carbocycles. The summed E-state index contributed by atoms with van der Waals surface area (Å²) in [5, 5.41) is 0. The summed E-state index contributed by atoms with van der Waals surface area (Å²) in [7, 11) is 0. The third-order valence-corrected chi connectivity index (χ3v) is 4.30. The molecular formula is C12H14S2. The van der Waals surface area contributed by atoms with Crippen molar-refractivity contribution >= 4 is 22.7 Å². The van der Waals surface area contributed by atoms with Crippen LogP contribution in [0.15, 0.2) is 12.1 Å². The molecule has 0 saturated heterocycles. The van der Waals surface area contributed by atoms with Crippen LogP contribution in [-0.4, -0.2) is 0 Å². The van der Waals surface area contributed by atoms with Gasteiger partial charge in [0.05, 0.1) is 0 Å². The number of hydrogen-bond donors (Lipinski definition) is 0. The molecular weight excluding hydrogens is 208 g/mol. The largest absolute Gasteiger partial charge is 0.145 e. The molecule has 0 spiro atoms. The molecule has 74 valence electrons. The maximum atomic E-state index is 2.30. The number of thiophene rings is 2. The lowest BCUT2D eigenvalue weighted by Crippen LogP contribution is -1.74. The first-order valence-electron chi connectivity index (χ1n) is 4.72. The van der Waals surface area contributed by atoms with E-state index in [1.54, 1.807) is 0 Å². The molecule has 2 heterocycles. The summed E-state index contributed by atoms with van der Waals surface area (Å²) in [4.78, 5) is 5.67. The van der Waals surface area contributed by atoms with E-state index in [9.17, 15) is 0 Å². The van der Waals surface area contributed by atoms with E-state index >= 15 is 0 Å². The Morgan fingerprint density at radius 2 is 1.07 bits per heavy atom. The van der Waals surface area contributed by atoms with Crippen LogP contribution in [0.5, 0.6) is 0 Å². The van der Waals surface area contributed by atoms with Gasteiger partial charge in [0.2, 0.25) is 0 Å². The van der Waals surface area contributed by atoms with E-state index in [1.807, 2.05) is 22.7 Å². The van der Waals surface area contributed by atoms with E-state index in [2.05, 4.69) is 39.8 Å². The molecule has 0 aromatic carbocycles. The molecule has 2 rings (SSSR count). The first kappa shape index (κ1) is 9.94. The van der Waals surface area contributed by atoms with E-state index < -0.39 is 0 Å². The van der Waals surface area contributed by atoms with Crippen molar-refractivity contribution in [3.63, 3.8) is 0 Å². The maximum absolute atomic E-state index is 2.30. The van der Waals surface area contributed by atoms with Gasteiger partial charge in [-0.1, -0.05) is 0 Å². The van der Waals surface area contributed by atoms with Crippen molar-refractivity contribution in [2.45, 2.75) is 27.7 Å². The van der Waals surface area contributed by atoms with Crippen molar-refractivity contribution in [1.82, 2.24) is 0 Å². The van der Waals surface area contributed by atoms with Gasteiger partial charge in [0, 0.05) is 19.5 Å². The van der Waals surface area contributed by atoms with Crippen LogP contribution in [-0.2, 0) is 0 Å². The average Bonchev–Trinajstić information content (AvgIpc) is 2.55. The summed E-state index contributed by atoms with van der Waals surface area (Å²) in [5.74, 6) is 0. The average molecular weight is 222 g/mol. The highest BCUT2D eigenvalue weighted by atomic mass is 32.1. The lowest BCUT2D eigenvalue weighted by atomic mass is 10.1. The van der Waals surface area contributed by atoms with Crippen molar-refractivity contribution in [2.75, 3.05) is 0 Å². The maximum Gasteiger partial charge on any atom is 0.00958 e. The minimum absolute atomic E-state index is 1.40. The Hall–Kier alpha value is -0.600. The second kappa shape index (κ2) is 3.52. The van der Waals surface area contributed by atoms with Gasteiger partial charge in [-0.15, -0.1) is 22.7 Å². The second-order valence-electron chi connectivity index (χ2n) is 3.65. The molecule has 2 heteroatoms. The first-order valence-corrected chi connectivity index (χ1v) is 6.35. The van der Waals surface area contributed by atoms with Gasteiger partial charge in [-0.25, -0.2) is 0 Å². The monoisotopic (exact) mass is 222 g/mol. The van der Waals surface area contributed by atoms with Crippen LogP contribution in [0.2, 0.25) is 0 Å². The molecule has 0 radical (unpaired) electrons. The molecule has 0 fully saturated rings. The summed E-state index contributed by atoms with van der Waals surface area (Å²) < 4.78 is 0. The third kappa shape index (κ3) is 1.64. The quantitative estimate of drug-likeness (QED) is 0.655. The van der Waals surface area contributed by atoms with E-state index in [1.165, 1.54) is 30.6 Å². The van der Waals surface area contributed by atoms with Crippen LogP contribution in [0.1, 0.15) is 19.5 Å². The molecule has 0 atom stereocenters. The highest BCUT2D eigenvalue weighted by molar-refractivity contribution is 7.13. The lowest BCUT2D eigenvalue weighted by Gasteiger charge is -1.97. The summed E-state index contributed by atoms with van der Waals surface area (Å²) >= 11 is 3.77. The molecule has 0 N–H and O–H groups in total. The minimum Gasteiger partial charge on any atom is -0.145 e. The van der Waals surface area contributed by atoms with E-state index in [4.69, 9.17) is 0 Å². The molecule has 0 nitrogen and oxygen atoms in total. The smallest absolute Gasteiger partial charge is 0.00958 e. The number of rotatable bonds is 1. The molecule has 0 bridgehead atoms. The number of aryl methyl sites for hydroxylation is 4. The zero-order valence-electron chi connectivity index (χ0n) is 8.97. The molecule has 14 heavy (non-hydrogen) atoms. The molecule has 0 amide bonds. The summed E-state index contributed by atoms with van der Waals surface area (Å²) in [6.07, 6.45) is 0. The van der Waals surface area contributed by atoms with Crippen LogP contribution >= 0.6 is 22.7 Å². The predicted molar refractivity (Wildman–Crippen MR) is 66.6 cm³/mol. The predicted octanol–water partition coefficient (Wildman–Crippen LogP) is 4.71. The zero-order valence-corrected chi connectivity index (χ0v) is 10.6. The normalized spacial score (nSPS) is 10.9. The molecule has 2 aromatic heterocycles. The number of hydrogen-bond acceptors (Lipinski definition) is 2. The van der Waals surface area contributed by atoms with Gasteiger partial charge in [0.15, 0.2) is 0 Å². The van der Waals surface area contributed by atoms with Gasteiger partial charge < -0.3 is 0 Å².